The Hall–Kier alpha value is -4.66. The van der Waals surface area contributed by atoms with Crippen LogP contribution in [0.2, 0.25) is 0 Å². The van der Waals surface area contributed by atoms with E-state index in [4.69, 9.17) is 5.73 Å². The average molecular weight is 488 g/mol. The fraction of sp³-hybridized carbons (Fsp3) is 0.148. The predicted molar refractivity (Wildman–Crippen MR) is 139 cm³/mol. The van der Waals surface area contributed by atoms with Gasteiger partial charge in [0.25, 0.3) is 5.56 Å². The summed E-state index contributed by atoms with van der Waals surface area (Å²) in [6.07, 6.45) is 0. The molecule has 36 heavy (non-hydrogen) atoms. The highest BCUT2D eigenvalue weighted by atomic mass is 19.1. The number of amides is 1. The van der Waals surface area contributed by atoms with Gasteiger partial charge in [-0.25, -0.2) is 9.18 Å². The molecule has 0 saturated carbocycles. The van der Waals surface area contributed by atoms with Crippen molar-refractivity contribution in [1.82, 2.24) is 9.55 Å². The molecule has 0 aliphatic heterocycles. The third-order valence-electron chi connectivity index (χ3n) is 5.72. The van der Waals surface area contributed by atoms with E-state index in [1.54, 1.807) is 19.1 Å². The van der Waals surface area contributed by atoms with Crippen molar-refractivity contribution in [3.8, 4) is 0 Å². The van der Waals surface area contributed by atoms with Crippen LogP contribution in [0.4, 0.5) is 21.6 Å². The van der Waals surface area contributed by atoms with Crippen molar-refractivity contribution >= 4 is 23.1 Å². The third kappa shape index (κ3) is 5.69. The zero-order valence-electron chi connectivity index (χ0n) is 19.7. The molecule has 184 valence electrons. The van der Waals surface area contributed by atoms with Gasteiger partial charge in [-0.3, -0.25) is 19.1 Å². The van der Waals surface area contributed by atoms with Gasteiger partial charge in [-0.05, 0) is 35.7 Å². The van der Waals surface area contributed by atoms with Crippen molar-refractivity contribution in [3.63, 3.8) is 0 Å². The maximum absolute atomic E-state index is 14.0. The molecule has 0 radical (unpaired) electrons. The maximum Gasteiger partial charge on any atom is 0.330 e. The number of aromatic nitrogens is 2. The zero-order valence-corrected chi connectivity index (χ0v) is 19.7. The predicted octanol–water partition coefficient (Wildman–Crippen LogP) is 3.26. The van der Waals surface area contributed by atoms with E-state index in [9.17, 15) is 18.8 Å². The minimum absolute atomic E-state index is 0.000351. The summed E-state index contributed by atoms with van der Waals surface area (Å²) in [4.78, 5) is 42.3. The van der Waals surface area contributed by atoms with Gasteiger partial charge in [-0.2, -0.15) is 0 Å². The normalized spacial score (nSPS) is 10.7. The Morgan fingerprint density at radius 1 is 1.00 bits per heavy atom. The lowest BCUT2D eigenvalue weighted by atomic mass is 10.2. The SMILES string of the molecule is Cc1ccc(NC(=O)CN(Cc2ccccc2)c2c(N)n(Cc3ccccc3)c(=O)[nH]c2=O)cc1F. The van der Waals surface area contributed by atoms with Crippen molar-refractivity contribution in [2.45, 2.75) is 20.0 Å². The number of nitrogens with two attached hydrogens (primary N) is 1. The van der Waals surface area contributed by atoms with Crippen LogP contribution in [0.5, 0.6) is 0 Å². The topological polar surface area (TPSA) is 113 Å². The molecule has 0 saturated heterocycles. The van der Waals surface area contributed by atoms with Gasteiger partial charge in [0, 0.05) is 12.2 Å². The van der Waals surface area contributed by atoms with Gasteiger partial charge in [-0.15, -0.1) is 0 Å². The molecule has 0 unspecified atom stereocenters. The van der Waals surface area contributed by atoms with Crippen LogP contribution in [-0.2, 0) is 17.9 Å². The first-order valence-electron chi connectivity index (χ1n) is 11.3. The number of nitrogens with zero attached hydrogens (tertiary/aromatic N) is 2. The summed E-state index contributed by atoms with van der Waals surface area (Å²) in [5.74, 6) is -0.978. The summed E-state index contributed by atoms with van der Waals surface area (Å²) in [5.41, 5.74) is 7.41. The van der Waals surface area contributed by atoms with Crippen LogP contribution in [0.15, 0.2) is 88.5 Å². The number of anilines is 3. The van der Waals surface area contributed by atoms with E-state index >= 15 is 0 Å². The van der Waals surface area contributed by atoms with Gasteiger partial charge in [-0.1, -0.05) is 66.7 Å². The largest absolute Gasteiger partial charge is 0.383 e. The first-order chi connectivity index (χ1) is 17.3. The van der Waals surface area contributed by atoms with Crippen molar-refractivity contribution in [2.24, 2.45) is 0 Å². The van der Waals surface area contributed by atoms with E-state index in [0.717, 1.165) is 11.1 Å². The van der Waals surface area contributed by atoms with Crippen LogP contribution < -0.4 is 27.2 Å². The molecule has 0 bridgehead atoms. The fourth-order valence-corrected chi connectivity index (χ4v) is 3.87. The number of carbonyl (C=O) groups excluding carboxylic acids is 1. The Morgan fingerprint density at radius 3 is 2.28 bits per heavy atom. The first-order valence-corrected chi connectivity index (χ1v) is 11.3. The second-order valence-electron chi connectivity index (χ2n) is 8.42. The molecule has 1 heterocycles. The number of halogens is 1. The Labute approximate surface area is 206 Å². The number of aryl methyl sites for hydroxylation is 1. The maximum atomic E-state index is 14.0. The summed E-state index contributed by atoms with van der Waals surface area (Å²) in [5, 5.41) is 2.66. The molecule has 4 aromatic rings. The lowest BCUT2D eigenvalue weighted by Crippen LogP contribution is -2.41. The van der Waals surface area contributed by atoms with E-state index in [1.165, 1.54) is 15.5 Å². The van der Waals surface area contributed by atoms with Crippen LogP contribution in [0.1, 0.15) is 16.7 Å². The molecule has 0 aliphatic carbocycles. The number of rotatable bonds is 8. The van der Waals surface area contributed by atoms with Crippen molar-refractivity contribution < 1.29 is 9.18 Å². The van der Waals surface area contributed by atoms with Crippen LogP contribution in [-0.4, -0.2) is 22.0 Å². The summed E-state index contributed by atoms with van der Waals surface area (Å²) < 4.78 is 15.2. The summed E-state index contributed by atoms with van der Waals surface area (Å²) >= 11 is 0. The lowest BCUT2D eigenvalue weighted by molar-refractivity contribution is -0.115. The Balaban J connectivity index is 1.70. The highest BCUT2D eigenvalue weighted by Gasteiger charge is 2.22. The highest BCUT2D eigenvalue weighted by Crippen LogP contribution is 2.21. The highest BCUT2D eigenvalue weighted by molar-refractivity contribution is 5.94. The molecule has 0 spiro atoms. The fourth-order valence-electron chi connectivity index (χ4n) is 3.87. The molecule has 0 atom stereocenters. The minimum Gasteiger partial charge on any atom is -0.383 e. The molecule has 8 nitrogen and oxygen atoms in total. The number of H-pyrrole nitrogens is 1. The quantitative estimate of drug-likeness (QED) is 0.353. The number of nitrogen functional groups attached to an aromatic ring is 1. The molecule has 3 aromatic carbocycles. The second-order valence-corrected chi connectivity index (χ2v) is 8.42. The van der Waals surface area contributed by atoms with Gasteiger partial charge in [0.1, 0.15) is 17.3 Å². The number of hydrogen-bond acceptors (Lipinski definition) is 5. The smallest absolute Gasteiger partial charge is 0.330 e. The van der Waals surface area contributed by atoms with Crippen molar-refractivity contribution in [2.75, 3.05) is 22.5 Å². The molecule has 0 fully saturated rings. The summed E-state index contributed by atoms with van der Waals surface area (Å²) in [6.45, 7) is 1.68. The van der Waals surface area contributed by atoms with Gasteiger partial charge in [0.2, 0.25) is 5.91 Å². The standard InChI is InChI=1S/C27H26FN5O3/c1-18-12-13-21(14-22(18)28)30-23(34)17-32(15-19-8-4-2-5-9-19)24-25(29)33(27(36)31-26(24)35)16-20-10-6-3-7-11-20/h2-14H,15-17,29H2,1H3,(H,30,34)(H,31,35,36). The Kier molecular flexibility index (Phi) is 7.29. The van der Waals surface area contributed by atoms with E-state index in [1.807, 2.05) is 60.7 Å². The van der Waals surface area contributed by atoms with Gasteiger partial charge in [0.15, 0.2) is 0 Å². The van der Waals surface area contributed by atoms with Crippen LogP contribution in [0.25, 0.3) is 0 Å². The first kappa shape index (κ1) is 24.5. The monoisotopic (exact) mass is 487 g/mol. The number of aromatic amines is 1. The Morgan fingerprint density at radius 2 is 1.64 bits per heavy atom. The van der Waals surface area contributed by atoms with Crippen LogP contribution in [0.3, 0.4) is 0 Å². The van der Waals surface area contributed by atoms with Gasteiger partial charge >= 0.3 is 5.69 Å². The molecular formula is C27H26FN5O3. The van der Waals surface area contributed by atoms with Crippen molar-refractivity contribution in [3.05, 3.63) is 122 Å². The molecular weight excluding hydrogens is 461 g/mol. The molecule has 0 aliphatic rings. The molecule has 1 aromatic heterocycles. The van der Waals surface area contributed by atoms with Crippen molar-refractivity contribution in [1.29, 1.82) is 0 Å². The number of hydrogen-bond donors (Lipinski definition) is 3. The van der Waals surface area contributed by atoms with E-state index in [0.29, 0.717) is 11.3 Å². The van der Waals surface area contributed by atoms with Gasteiger partial charge in [0.05, 0.1) is 13.1 Å². The molecule has 4 rings (SSSR count). The number of benzene rings is 3. The second kappa shape index (κ2) is 10.7. The zero-order chi connectivity index (χ0) is 25.7. The summed E-state index contributed by atoms with van der Waals surface area (Å²) in [7, 11) is 0. The summed E-state index contributed by atoms with van der Waals surface area (Å²) in [6, 6.07) is 22.8. The third-order valence-corrected chi connectivity index (χ3v) is 5.72. The number of nitrogens with one attached hydrogen (secondary N) is 2. The number of carbonyl (C=O) groups is 1. The van der Waals surface area contributed by atoms with E-state index in [2.05, 4.69) is 10.3 Å². The molecule has 1 amide bonds. The average Bonchev–Trinajstić information content (AvgIpc) is 2.85. The van der Waals surface area contributed by atoms with E-state index in [-0.39, 0.29) is 31.1 Å². The lowest BCUT2D eigenvalue weighted by Gasteiger charge is -2.26. The molecule has 4 N–H and O–H groups in total. The Bertz CT molecular complexity index is 1480. The van der Waals surface area contributed by atoms with Crippen LogP contribution in [0, 0.1) is 12.7 Å². The van der Waals surface area contributed by atoms with E-state index < -0.39 is 23.0 Å². The van der Waals surface area contributed by atoms with Crippen LogP contribution >= 0.6 is 0 Å². The minimum atomic E-state index is -0.702. The molecule has 9 heteroatoms. The van der Waals surface area contributed by atoms with Gasteiger partial charge < -0.3 is 16.0 Å².